The van der Waals surface area contributed by atoms with Gasteiger partial charge in [-0.25, -0.2) is 14.2 Å². The van der Waals surface area contributed by atoms with Crippen LogP contribution in [-0.2, 0) is 11.2 Å². The number of likely N-dealkylation sites (tertiary alicyclic amines) is 1. The summed E-state index contributed by atoms with van der Waals surface area (Å²) >= 11 is 12.4. The number of fused-ring (bicyclic) bond motifs is 1. The molecule has 1 aliphatic rings. The summed E-state index contributed by atoms with van der Waals surface area (Å²) in [5.74, 6) is -0.165. The molecular weight excluding hydrogens is 524 g/mol. The van der Waals surface area contributed by atoms with Crippen molar-refractivity contribution < 1.29 is 16.7 Å². The Hall–Kier alpha value is -2.98. The Balaban J connectivity index is 1.96. The van der Waals surface area contributed by atoms with Crippen LogP contribution in [-0.4, -0.2) is 54.5 Å². The Bertz CT molecular complexity index is 1610. The lowest BCUT2D eigenvalue weighted by Gasteiger charge is -2.44. The van der Waals surface area contributed by atoms with Gasteiger partial charge in [0.1, 0.15) is 10.8 Å². The third-order valence-corrected chi connectivity index (χ3v) is 6.38. The number of amides is 1. The fourth-order valence-corrected chi connectivity index (χ4v) is 4.34. The number of alkyl halides is 1. The van der Waals surface area contributed by atoms with Gasteiger partial charge in [-0.1, -0.05) is 37.0 Å². The highest BCUT2D eigenvalue weighted by Gasteiger charge is 2.48. The van der Waals surface area contributed by atoms with Gasteiger partial charge in [0, 0.05) is 6.20 Å². The minimum absolute atomic E-state index is 0.137. The van der Waals surface area contributed by atoms with E-state index in [9.17, 15) is 14.4 Å². The van der Waals surface area contributed by atoms with Crippen molar-refractivity contribution in [2.24, 2.45) is 0 Å². The molecule has 3 aromatic rings. The van der Waals surface area contributed by atoms with Crippen LogP contribution >= 0.6 is 23.2 Å². The second-order valence-electron chi connectivity index (χ2n) is 10.3. The fraction of sp³-hybridized carbons (Fsp3) is 0.480. The largest absolute Gasteiger partial charge is 0.444 e. The Morgan fingerprint density at radius 1 is 1.27 bits per heavy atom. The van der Waals surface area contributed by atoms with E-state index in [2.05, 4.69) is 9.97 Å². The van der Waals surface area contributed by atoms with Crippen LogP contribution in [0.4, 0.5) is 9.18 Å². The van der Waals surface area contributed by atoms with Gasteiger partial charge < -0.3 is 9.64 Å². The summed E-state index contributed by atoms with van der Waals surface area (Å²) in [6.45, 7) is 5.85. The highest BCUT2D eigenvalue weighted by molar-refractivity contribution is 6.41. The minimum Gasteiger partial charge on any atom is -0.444 e. The number of pyridine rings is 2. The molecule has 0 saturated carbocycles. The van der Waals surface area contributed by atoms with E-state index >= 15 is 4.39 Å². The summed E-state index contributed by atoms with van der Waals surface area (Å²) in [5, 5.41) is -0.340. The van der Waals surface area contributed by atoms with Gasteiger partial charge in [-0.2, -0.15) is 0 Å². The summed E-state index contributed by atoms with van der Waals surface area (Å²) in [7, 11) is 0. The first-order valence-corrected chi connectivity index (χ1v) is 12.3. The van der Waals surface area contributed by atoms with E-state index in [0.717, 1.165) is 15.5 Å². The lowest BCUT2D eigenvalue weighted by atomic mass is 9.96. The summed E-state index contributed by atoms with van der Waals surface area (Å²) in [4.78, 5) is 49.2. The molecule has 0 radical (unpaired) electrons. The fourth-order valence-electron chi connectivity index (χ4n) is 4.06. The molecule has 0 atom stereocenters. The quantitative estimate of drug-likeness (QED) is 0.344. The number of hydrogen-bond acceptors (Lipinski definition) is 6. The van der Waals surface area contributed by atoms with E-state index in [1.807, 2.05) is 13.8 Å². The van der Waals surface area contributed by atoms with Crippen LogP contribution in [0.5, 0.6) is 0 Å². The SMILES string of the molecule is [2H]C([2H])(n1c(=O)c(=O)n(-c2c(C)ccnc2C(C)C)c2nc(Cl)c(Cl)cc21)C1(F)CN(C(=O)OC(C)(C)C)C1. The minimum atomic E-state index is -3.09. The number of ether oxygens (including phenoxy) is 1. The van der Waals surface area contributed by atoms with E-state index in [4.69, 9.17) is 30.7 Å². The molecule has 0 bridgehead atoms. The molecular formula is C25H28Cl2FN5O4. The van der Waals surface area contributed by atoms with Crippen LogP contribution in [0.2, 0.25) is 10.2 Å². The molecule has 0 spiro atoms. The van der Waals surface area contributed by atoms with Crippen LogP contribution in [0.1, 0.15) is 54.5 Å². The zero-order chi connectivity index (χ0) is 29.2. The third kappa shape index (κ3) is 5.09. The predicted octanol–water partition coefficient (Wildman–Crippen LogP) is 4.64. The number of halogens is 3. The van der Waals surface area contributed by atoms with E-state index in [1.54, 1.807) is 40.0 Å². The van der Waals surface area contributed by atoms with Gasteiger partial charge >= 0.3 is 17.2 Å². The molecule has 12 heteroatoms. The number of carbonyl (C=O) groups excluding carboxylic acids is 1. The van der Waals surface area contributed by atoms with Gasteiger partial charge in [0.15, 0.2) is 11.3 Å². The standard InChI is InChI=1S/C25H28Cl2FN5O4/c1-13(2)17-18(14(3)7-8-29-17)33-20-16(9-15(26)19(27)30-20)32(21(34)22(33)35)12-25(28)10-31(11-25)23(36)37-24(4,5)6/h7-9,13H,10-12H2,1-6H3/i12D2. The number of carbonyl (C=O) groups is 1. The number of hydrogen-bond donors (Lipinski definition) is 0. The van der Waals surface area contributed by atoms with Gasteiger partial charge in [0.2, 0.25) is 0 Å². The average Bonchev–Trinajstić information content (AvgIpc) is 2.78. The first-order chi connectivity index (χ1) is 17.9. The van der Waals surface area contributed by atoms with Crippen LogP contribution in [0.3, 0.4) is 0 Å². The van der Waals surface area contributed by atoms with Crippen LogP contribution in [0.25, 0.3) is 16.9 Å². The maximum absolute atomic E-state index is 16.1. The molecule has 9 nitrogen and oxygen atoms in total. The van der Waals surface area contributed by atoms with Gasteiger partial charge in [-0.05, 0) is 51.3 Å². The number of aromatic nitrogens is 4. The lowest BCUT2D eigenvalue weighted by Crippen LogP contribution is -2.64. The van der Waals surface area contributed by atoms with Gasteiger partial charge in [0.25, 0.3) is 0 Å². The van der Waals surface area contributed by atoms with Crippen molar-refractivity contribution in [2.45, 2.75) is 65.2 Å². The van der Waals surface area contributed by atoms with Crippen molar-refractivity contribution in [1.82, 2.24) is 24.0 Å². The first kappa shape index (κ1) is 24.4. The van der Waals surface area contributed by atoms with E-state index in [1.165, 1.54) is 0 Å². The van der Waals surface area contributed by atoms with Crippen molar-refractivity contribution in [3.05, 3.63) is 60.5 Å². The maximum atomic E-state index is 16.1. The molecule has 37 heavy (non-hydrogen) atoms. The maximum Gasteiger partial charge on any atom is 0.410 e. The van der Waals surface area contributed by atoms with Crippen molar-refractivity contribution in [2.75, 3.05) is 13.1 Å². The second kappa shape index (κ2) is 9.40. The Morgan fingerprint density at radius 2 is 1.92 bits per heavy atom. The molecule has 1 amide bonds. The van der Waals surface area contributed by atoms with Crippen molar-refractivity contribution in [3.63, 3.8) is 0 Å². The summed E-state index contributed by atoms with van der Waals surface area (Å²) in [6, 6.07) is 2.81. The molecule has 1 aliphatic heterocycles. The molecule has 198 valence electrons. The van der Waals surface area contributed by atoms with Crippen molar-refractivity contribution in [1.29, 1.82) is 0 Å². The monoisotopic (exact) mass is 553 g/mol. The zero-order valence-electron chi connectivity index (χ0n) is 23.2. The Morgan fingerprint density at radius 3 is 2.51 bits per heavy atom. The molecule has 1 saturated heterocycles. The predicted molar refractivity (Wildman–Crippen MR) is 140 cm³/mol. The summed E-state index contributed by atoms with van der Waals surface area (Å²) in [5.41, 5.74) is -5.21. The first-order valence-electron chi connectivity index (χ1n) is 12.6. The molecule has 0 aromatic carbocycles. The topological polar surface area (TPSA) is 99.3 Å². The number of aryl methyl sites for hydroxylation is 1. The number of nitrogens with zero attached hydrogens (tertiary/aromatic N) is 5. The molecule has 0 unspecified atom stereocenters. The lowest BCUT2D eigenvalue weighted by molar-refractivity contribution is -0.0578. The zero-order valence-corrected chi connectivity index (χ0v) is 22.7. The highest BCUT2D eigenvalue weighted by atomic mass is 35.5. The Labute approximate surface area is 225 Å². The molecule has 0 aliphatic carbocycles. The van der Waals surface area contributed by atoms with Crippen LogP contribution < -0.4 is 11.1 Å². The number of rotatable bonds is 4. The normalized spacial score (nSPS) is 16.4. The third-order valence-electron chi connectivity index (χ3n) is 5.71. The van der Waals surface area contributed by atoms with Gasteiger partial charge in [-0.15, -0.1) is 0 Å². The molecule has 1 fully saturated rings. The average molecular weight is 554 g/mol. The smallest absolute Gasteiger partial charge is 0.410 e. The van der Waals surface area contributed by atoms with Crippen molar-refractivity contribution >= 4 is 40.5 Å². The highest BCUT2D eigenvalue weighted by Crippen LogP contribution is 2.32. The Kier molecular flexibility index (Phi) is 6.19. The van der Waals surface area contributed by atoms with Crippen LogP contribution in [0, 0.1) is 6.92 Å². The summed E-state index contributed by atoms with van der Waals surface area (Å²) in [6.07, 6.45) is 0.738. The molecule has 0 N–H and O–H groups in total. The van der Waals surface area contributed by atoms with Gasteiger partial charge in [0.05, 0.1) is 44.2 Å². The summed E-state index contributed by atoms with van der Waals surface area (Å²) < 4.78 is 40.2. The van der Waals surface area contributed by atoms with E-state index in [0.29, 0.717) is 15.8 Å². The van der Waals surface area contributed by atoms with Crippen LogP contribution in [0.15, 0.2) is 27.9 Å². The molecule has 4 rings (SSSR count). The van der Waals surface area contributed by atoms with E-state index in [-0.39, 0.29) is 32.9 Å². The second-order valence-corrected chi connectivity index (χ2v) is 11.1. The molecule has 4 heterocycles. The van der Waals surface area contributed by atoms with Crippen molar-refractivity contribution in [3.8, 4) is 5.69 Å². The molecule has 3 aromatic heterocycles. The van der Waals surface area contributed by atoms with E-state index < -0.39 is 48.1 Å². The van der Waals surface area contributed by atoms with Gasteiger partial charge in [-0.3, -0.25) is 23.7 Å².